The molecule has 0 radical (unpaired) electrons. The number of ether oxygens (including phenoxy) is 2. The number of amides is 1. The van der Waals surface area contributed by atoms with Crippen molar-refractivity contribution in [3.63, 3.8) is 0 Å². The molecule has 7 nitrogen and oxygen atoms in total. The lowest BCUT2D eigenvalue weighted by Gasteiger charge is -2.10. The highest BCUT2D eigenvalue weighted by Crippen LogP contribution is 2.24. The predicted molar refractivity (Wildman–Crippen MR) is 80.8 cm³/mol. The fourth-order valence-corrected chi connectivity index (χ4v) is 2.03. The van der Waals surface area contributed by atoms with Crippen LogP contribution in [0.1, 0.15) is 21.9 Å². The molecule has 0 aliphatic carbocycles. The number of carbonyl (C=O) groups excluding carboxylic acids is 1. The Balaban J connectivity index is 1.97. The lowest BCUT2D eigenvalue weighted by atomic mass is 10.1. The summed E-state index contributed by atoms with van der Waals surface area (Å²) in [4.78, 5) is 22.7. The van der Waals surface area contributed by atoms with Crippen LogP contribution >= 0.6 is 0 Å². The van der Waals surface area contributed by atoms with Crippen LogP contribution in [0.5, 0.6) is 11.5 Å². The van der Waals surface area contributed by atoms with Gasteiger partial charge in [0.1, 0.15) is 17.3 Å². The van der Waals surface area contributed by atoms with Crippen LogP contribution in [0.4, 0.5) is 0 Å². The number of furan rings is 1. The summed E-state index contributed by atoms with van der Waals surface area (Å²) in [6, 6.07) is 8.06. The van der Waals surface area contributed by atoms with Crippen molar-refractivity contribution in [1.29, 1.82) is 0 Å². The highest BCUT2D eigenvalue weighted by atomic mass is 16.5. The molecule has 1 amide bonds. The number of hydrogen-bond acceptors (Lipinski definition) is 5. The van der Waals surface area contributed by atoms with Crippen LogP contribution in [-0.2, 0) is 17.8 Å². The Morgan fingerprint density at radius 2 is 1.96 bits per heavy atom. The van der Waals surface area contributed by atoms with E-state index in [1.807, 2.05) is 0 Å². The molecule has 1 aromatic heterocycles. The van der Waals surface area contributed by atoms with Crippen molar-refractivity contribution in [3.8, 4) is 11.5 Å². The first-order valence-electron chi connectivity index (χ1n) is 6.83. The smallest absolute Gasteiger partial charge is 0.371 e. The number of rotatable bonds is 7. The van der Waals surface area contributed by atoms with E-state index in [4.69, 9.17) is 19.0 Å². The molecule has 1 aromatic carbocycles. The zero-order valence-electron chi connectivity index (χ0n) is 12.8. The average molecular weight is 319 g/mol. The number of benzene rings is 1. The van der Waals surface area contributed by atoms with Crippen LogP contribution in [0.3, 0.4) is 0 Å². The van der Waals surface area contributed by atoms with Gasteiger partial charge in [0.05, 0.1) is 27.2 Å². The van der Waals surface area contributed by atoms with Crippen molar-refractivity contribution in [2.45, 2.75) is 13.0 Å². The largest absolute Gasteiger partial charge is 0.497 e. The fourth-order valence-electron chi connectivity index (χ4n) is 2.03. The second-order valence-electron chi connectivity index (χ2n) is 4.70. The van der Waals surface area contributed by atoms with Gasteiger partial charge in [0.25, 0.3) is 0 Å². The zero-order valence-corrected chi connectivity index (χ0v) is 12.8. The minimum absolute atomic E-state index is 0.104. The second-order valence-corrected chi connectivity index (χ2v) is 4.70. The Morgan fingerprint density at radius 1 is 1.17 bits per heavy atom. The summed E-state index contributed by atoms with van der Waals surface area (Å²) in [5.74, 6) is 0.0310. The minimum atomic E-state index is -1.15. The highest BCUT2D eigenvalue weighted by molar-refractivity contribution is 5.84. The third kappa shape index (κ3) is 4.26. The summed E-state index contributed by atoms with van der Waals surface area (Å²) in [6.45, 7) is 0.110. The monoisotopic (exact) mass is 319 g/mol. The quantitative estimate of drug-likeness (QED) is 0.808. The van der Waals surface area contributed by atoms with Gasteiger partial charge in [-0.05, 0) is 30.3 Å². The van der Waals surface area contributed by atoms with Gasteiger partial charge in [-0.1, -0.05) is 0 Å². The summed E-state index contributed by atoms with van der Waals surface area (Å²) in [6.07, 6.45) is 0.104. The number of nitrogens with one attached hydrogen (secondary N) is 1. The fraction of sp³-hybridized carbons (Fsp3) is 0.250. The molecule has 7 heteroatoms. The van der Waals surface area contributed by atoms with E-state index in [9.17, 15) is 9.59 Å². The second kappa shape index (κ2) is 7.35. The summed E-state index contributed by atoms with van der Waals surface area (Å²) < 4.78 is 15.4. The lowest BCUT2D eigenvalue weighted by molar-refractivity contribution is -0.120. The first-order valence-corrected chi connectivity index (χ1v) is 6.83. The molecule has 2 N–H and O–H groups in total. The Bertz CT molecular complexity index is 706. The molecule has 2 aromatic rings. The van der Waals surface area contributed by atoms with Gasteiger partial charge in [-0.25, -0.2) is 4.79 Å². The molecule has 0 saturated heterocycles. The molecule has 0 fully saturated rings. The van der Waals surface area contributed by atoms with Crippen LogP contribution < -0.4 is 14.8 Å². The number of carboxylic acids is 1. The van der Waals surface area contributed by atoms with Crippen molar-refractivity contribution in [1.82, 2.24) is 5.32 Å². The van der Waals surface area contributed by atoms with E-state index >= 15 is 0 Å². The maximum absolute atomic E-state index is 12.0. The molecule has 0 aliphatic heterocycles. The topological polar surface area (TPSA) is 98.0 Å². The summed E-state index contributed by atoms with van der Waals surface area (Å²) in [7, 11) is 3.07. The van der Waals surface area contributed by atoms with Gasteiger partial charge in [-0.15, -0.1) is 0 Å². The van der Waals surface area contributed by atoms with E-state index < -0.39 is 5.97 Å². The average Bonchev–Trinajstić information content (AvgIpc) is 3.02. The van der Waals surface area contributed by atoms with Crippen molar-refractivity contribution in [2.75, 3.05) is 14.2 Å². The molecule has 0 atom stereocenters. The van der Waals surface area contributed by atoms with Gasteiger partial charge in [0.15, 0.2) is 0 Å². The van der Waals surface area contributed by atoms with Crippen LogP contribution in [0.25, 0.3) is 0 Å². The number of methoxy groups -OCH3 is 2. The molecular weight excluding hydrogens is 302 g/mol. The summed E-state index contributed by atoms with van der Waals surface area (Å²) in [5.41, 5.74) is 0.690. The van der Waals surface area contributed by atoms with Crippen molar-refractivity contribution < 1.29 is 28.6 Å². The molecule has 1 heterocycles. The van der Waals surface area contributed by atoms with E-state index in [0.29, 0.717) is 22.8 Å². The third-order valence-electron chi connectivity index (χ3n) is 3.17. The number of aromatic carboxylic acids is 1. The molecule has 23 heavy (non-hydrogen) atoms. The molecular formula is C16H17NO6. The molecule has 0 aliphatic rings. The molecule has 0 saturated carbocycles. The predicted octanol–water partition coefficient (Wildman–Crippen LogP) is 1.85. The van der Waals surface area contributed by atoms with E-state index in [1.54, 1.807) is 25.3 Å². The SMILES string of the molecule is COc1ccc(OC)c(CC(=O)NCc2ccc(C(=O)O)o2)c1. The standard InChI is InChI=1S/C16H17NO6/c1-21-11-3-5-13(22-2)10(7-11)8-15(18)17-9-12-4-6-14(23-12)16(19)20/h3-7H,8-9H2,1-2H3,(H,17,18)(H,19,20). The summed E-state index contributed by atoms with van der Waals surface area (Å²) in [5, 5.41) is 11.4. The number of carbonyl (C=O) groups is 2. The molecule has 122 valence electrons. The number of carboxylic acid groups (broad SMARTS) is 1. The van der Waals surface area contributed by atoms with E-state index in [2.05, 4.69) is 5.32 Å². The zero-order chi connectivity index (χ0) is 16.8. The maximum Gasteiger partial charge on any atom is 0.371 e. The van der Waals surface area contributed by atoms with Crippen molar-refractivity contribution in [2.24, 2.45) is 0 Å². The van der Waals surface area contributed by atoms with Crippen LogP contribution in [0.15, 0.2) is 34.7 Å². The van der Waals surface area contributed by atoms with Gasteiger partial charge in [-0.2, -0.15) is 0 Å². The van der Waals surface area contributed by atoms with E-state index in [1.165, 1.54) is 19.2 Å². The molecule has 0 spiro atoms. The van der Waals surface area contributed by atoms with Crippen molar-refractivity contribution in [3.05, 3.63) is 47.4 Å². The van der Waals surface area contributed by atoms with E-state index in [-0.39, 0.29) is 24.6 Å². The minimum Gasteiger partial charge on any atom is -0.497 e. The van der Waals surface area contributed by atoms with Gasteiger partial charge in [-0.3, -0.25) is 4.79 Å². The van der Waals surface area contributed by atoms with Crippen LogP contribution in [0, 0.1) is 0 Å². The third-order valence-corrected chi connectivity index (χ3v) is 3.17. The van der Waals surface area contributed by atoms with Gasteiger partial charge in [0, 0.05) is 5.56 Å². The van der Waals surface area contributed by atoms with Crippen molar-refractivity contribution >= 4 is 11.9 Å². The Labute approximate surface area is 132 Å². The van der Waals surface area contributed by atoms with Gasteiger partial charge >= 0.3 is 5.97 Å². The maximum atomic E-state index is 12.0. The lowest BCUT2D eigenvalue weighted by Crippen LogP contribution is -2.24. The number of hydrogen-bond donors (Lipinski definition) is 2. The van der Waals surface area contributed by atoms with Crippen LogP contribution in [0.2, 0.25) is 0 Å². The Kier molecular flexibility index (Phi) is 5.24. The first kappa shape index (κ1) is 16.4. The van der Waals surface area contributed by atoms with E-state index in [0.717, 1.165) is 0 Å². The highest BCUT2D eigenvalue weighted by Gasteiger charge is 2.12. The molecule has 0 unspecified atom stereocenters. The van der Waals surface area contributed by atoms with Gasteiger partial charge < -0.3 is 24.3 Å². The Morgan fingerprint density at radius 3 is 2.57 bits per heavy atom. The van der Waals surface area contributed by atoms with Crippen LogP contribution in [-0.4, -0.2) is 31.2 Å². The molecule has 2 rings (SSSR count). The van der Waals surface area contributed by atoms with Gasteiger partial charge in [0.2, 0.25) is 11.7 Å². The normalized spacial score (nSPS) is 10.2. The first-order chi connectivity index (χ1) is 11.0. The molecule has 0 bridgehead atoms. The Hall–Kier alpha value is -2.96. The summed E-state index contributed by atoms with van der Waals surface area (Å²) >= 11 is 0.